The summed E-state index contributed by atoms with van der Waals surface area (Å²) >= 11 is 3.12. The second kappa shape index (κ2) is 6.74. The van der Waals surface area contributed by atoms with E-state index in [-0.39, 0.29) is 23.8 Å². The third-order valence-corrected chi connectivity index (χ3v) is 6.64. The summed E-state index contributed by atoms with van der Waals surface area (Å²) in [4.78, 5) is 21.0. The van der Waals surface area contributed by atoms with Crippen molar-refractivity contribution >= 4 is 33.6 Å². The minimum Gasteiger partial charge on any atom is -0.492 e. The van der Waals surface area contributed by atoms with E-state index < -0.39 is 0 Å². The first-order chi connectivity index (χ1) is 12.2. The van der Waals surface area contributed by atoms with E-state index in [2.05, 4.69) is 21.0 Å². The average molecular weight is 378 g/mol. The molecule has 1 aliphatic rings. The van der Waals surface area contributed by atoms with Gasteiger partial charge in [0.15, 0.2) is 0 Å². The van der Waals surface area contributed by atoms with Gasteiger partial charge in [0.1, 0.15) is 6.33 Å². The predicted molar refractivity (Wildman–Crippen MR) is 95.0 cm³/mol. The van der Waals surface area contributed by atoms with Gasteiger partial charge in [0.2, 0.25) is 10.8 Å². The molecular weight excluding hydrogens is 360 g/mol. The van der Waals surface area contributed by atoms with E-state index in [1.165, 1.54) is 29.3 Å². The van der Waals surface area contributed by atoms with Crippen molar-refractivity contribution in [3.8, 4) is 5.88 Å². The molecule has 0 amide bonds. The molecule has 1 aliphatic heterocycles. The van der Waals surface area contributed by atoms with Crippen LogP contribution < -0.4 is 0 Å². The molecule has 3 aromatic rings. The Hall–Kier alpha value is -1.97. The van der Waals surface area contributed by atoms with Crippen LogP contribution in [0.5, 0.6) is 5.88 Å². The highest BCUT2D eigenvalue weighted by Crippen LogP contribution is 2.42. The first-order valence-electron chi connectivity index (χ1n) is 8.05. The Morgan fingerprint density at radius 1 is 1.44 bits per heavy atom. The number of piperidine rings is 1. The van der Waals surface area contributed by atoms with Crippen molar-refractivity contribution in [2.75, 3.05) is 20.2 Å². The largest absolute Gasteiger partial charge is 0.492 e. The number of thiophene rings is 1. The van der Waals surface area contributed by atoms with Crippen LogP contribution in [-0.4, -0.2) is 50.8 Å². The van der Waals surface area contributed by atoms with E-state index in [0.717, 1.165) is 35.7 Å². The maximum atomic E-state index is 11.8. The molecule has 132 valence electrons. The number of methoxy groups -OCH3 is 1. The zero-order chi connectivity index (χ0) is 17.4. The Kier molecular flexibility index (Phi) is 4.45. The van der Waals surface area contributed by atoms with E-state index in [1.54, 1.807) is 11.3 Å². The van der Waals surface area contributed by atoms with Crippen LogP contribution in [0, 0.1) is 5.92 Å². The number of rotatable bonds is 4. The number of likely N-dealkylation sites (tertiary alicyclic amines) is 1. The van der Waals surface area contributed by atoms with Crippen LogP contribution in [0.4, 0.5) is 0 Å². The molecule has 0 bridgehead atoms. The minimum absolute atomic E-state index is 0.0406. The molecule has 4 heterocycles. The van der Waals surface area contributed by atoms with Gasteiger partial charge in [0.05, 0.1) is 23.9 Å². The molecule has 0 saturated carbocycles. The topological polar surface area (TPSA) is 80.0 Å². The number of ether oxygens (including phenoxy) is 1. The Morgan fingerprint density at radius 3 is 2.88 bits per heavy atom. The molecule has 7 nitrogen and oxygen atoms in total. The monoisotopic (exact) mass is 378 g/mol. The van der Waals surface area contributed by atoms with Gasteiger partial charge in [0.25, 0.3) is 0 Å². The van der Waals surface area contributed by atoms with E-state index in [4.69, 9.17) is 4.74 Å². The lowest BCUT2D eigenvalue weighted by Crippen LogP contribution is -2.39. The number of fused-ring (bicyclic) bond motifs is 1. The number of carbonyl (C=O) groups excluding carboxylic acids is 1. The molecular formula is C16H18N4O3S2. The van der Waals surface area contributed by atoms with Gasteiger partial charge in [-0.25, -0.2) is 4.98 Å². The normalized spacial score (nSPS) is 17.8. The Labute approximate surface area is 152 Å². The molecule has 25 heavy (non-hydrogen) atoms. The summed E-state index contributed by atoms with van der Waals surface area (Å²) in [6.07, 6.45) is 2.96. The van der Waals surface area contributed by atoms with Crippen LogP contribution in [0.2, 0.25) is 0 Å². The van der Waals surface area contributed by atoms with Gasteiger partial charge in [-0.05, 0) is 37.4 Å². The molecule has 1 saturated heterocycles. The van der Waals surface area contributed by atoms with Gasteiger partial charge >= 0.3 is 5.97 Å². The van der Waals surface area contributed by atoms with Crippen molar-refractivity contribution in [2.24, 2.45) is 5.92 Å². The lowest BCUT2D eigenvalue weighted by Gasteiger charge is -2.35. The molecule has 0 aromatic carbocycles. The van der Waals surface area contributed by atoms with Crippen LogP contribution in [0.3, 0.4) is 0 Å². The minimum atomic E-state index is -0.131. The predicted octanol–water partition coefficient (Wildman–Crippen LogP) is 2.53. The maximum Gasteiger partial charge on any atom is 0.308 e. The number of carbonyl (C=O) groups is 1. The first-order valence-corrected chi connectivity index (χ1v) is 9.75. The van der Waals surface area contributed by atoms with Crippen LogP contribution in [0.25, 0.3) is 4.96 Å². The Bertz CT molecular complexity index is 865. The summed E-state index contributed by atoms with van der Waals surface area (Å²) in [6.45, 7) is 1.55. The zero-order valence-electron chi connectivity index (χ0n) is 13.7. The SMILES string of the molecule is COC(=O)C1CCN([C@@H](c2cccs2)c2sc3ncnn3c2O)CC1. The third-order valence-electron chi connectivity index (χ3n) is 4.63. The van der Waals surface area contributed by atoms with Crippen molar-refractivity contribution < 1.29 is 14.6 Å². The number of thiazole rings is 1. The lowest BCUT2D eigenvalue weighted by atomic mass is 9.95. The third kappa shape index (κ3) is 2.92. The quantitative estimate of drug-likeness (QED) is 0.703. The van der Waals surface area contributed by atoms with Crippen LogP contribution in [0.15, 0.2) is 23.8 Å². The van der Waals surface area contributed by atoms with Crippen LogP contribution in [0.1, 0.15) is 28.6 Å². The molecule has 3 aromatic heterocycles. The summed E-state index contributed by atoms with van der Waals surface area (Å²) < 4.78 is 6.35. The van der Waals surface area contributed by atoms with Crippen molar-refractivity contribution in [1.82, 2.24) is 19.5 Å². The van der Waals surface area contributed by atoms with Gasteiger partial charge in [-0.3, -0.25) is 9.69 Å². The lowest BCUT2D eigenvalue weighted by molar-refractivity contribution is -0.147. The van der Waals surface area contributed by atoms with E-state index in [9.17, 15) is 9.90 Å². The van der Waals surface area contributed by atoms with Crippen molar-refractivity contribution in [3.63, 3.8) is 0 Å². The molecule has 1 atom stereocenters. The fourth-order valence-corrected chi connectivity index (χ4v) is 5.38. The molecule has 1 fully saturated rings. The highest BCUT2D eigenvalue weighted by atomic mass is 32.1. The van der Waals surface area contributed by atoms with Crippen molar-refractivity contribution in [2.45, 2.75) is 18.9 Å². The molecule has 0 spiro atoms. The second-order valence-electron chi connectivity index (χ2n) is 6.00. The van der Waals surface area contributed by atoms with E-state index in [0.29, 0.717) is 4.96 Å². The highest BCUT2D eigenvalue weighted by molar-refractivity contribution is 7.17. The summed E-state index contributed by atoms with van der Waals surface area (Å²) in [5, 5.41) is 16.8. The standard InChI is InChI=1S/C16H18N4O3S2/c1-23-15(22)10-4-6-19(7-5-10)12(11-3-2-8-24-11)13-14(21)20-16(25-13)17-9-18-20/h2-3,8-10,12,21H,4-7H2,1H3/t12-/m0/s1. The smallest absolute Gasteiger partial charge is 0.308 e. The van der Waals surface area contributed by atoms with Crippen molar-refractivity contribution in [3.05, 3.63) is 33.6 Å². The molecule has 0 radical (unpaired) electrons. The maximum absolute atomic E-state index is 11.8. The summed E-state index contributed by atoms with van der Waals surface area (Å²) in [5.74, 6) is -0.0268. The number of aromatic hydroxyl groups is 1. The van der Waals surface area contributed by atoms with E-state index in [1.807, 2.05) is 11.4 Å². The van der Waals surface area contributed by atoms with Crippen LogP contribution in [-0.2, 0) is 9.53 Å². The molecule has 0 unspecified atom stereocenters. The number of hydrogen-bond acceptors (Lipinski definition) is 8. The fraction of sp³-hybridized carbons (Fsp3) is 0.438. The number of nitrogens with zero attached hydrogens (tertiary/aromatic N) is 4. The van der Waals surface area contributed by atoms with Gasteiger partial charge < -0.3 is 9.84 Å². The van der Waals surface area contributed by atoms with Crippen molar-refractivity contribution in [1.29, 1.82) is 0 Å². The molecule has 4 rings (SSSR count). The number of esters is 1. The molecule has 9 heteroatoms. The van der Waals surface area contributed by atoms with Gasteiger partial charge in [-0.15, -0.1) is 11.3 Å². The van der Waals surface area contributed by atoms with E-state index >= 15 is 0 Å². The second-order valence-corrected chi connectivity index (χ2v) is 7.98. The van der Waals surface area contributed by atoms with Gasteiger partial charge in [0, 0.05) is 4.88 Å². The molecule has 1 N–H and O–H groups in total. The highest BCUT2D eigenvalue weighted by Gasteiger charge is 2.34. The first kappa shape index (κ1) is 16.5. The summed E-state index contributed by atoms with van der Waals surface area (Å²) in [6, 6.07) is 4.05. The Morgan fingerprint density at radius 2 is 2.24 bits per heavy atom. The van der Waals surface area contributed by atoms with Crippen LogP contribution >= 0.6 is 22.7 Å². The van der Waals surface area contributed by atoms with Gasteiger partial charge in [-0.2, -0.15) is 9.61 Å². The summed E-state index contributed by atoms with van der Waals surface area (Å²) in [5.41, 5.74) is 0. The van der Waals surface area contributed by atoms with Gasteiger partial charge in [-0.1, -0.05) is 17.4 Å². The average Bonchev–Trinajstić information content (AvgIpc) is 3.36. The number of aromatic nitrogens is 3. The molecule has 0 aliphatic carbocycles. The Balaban J connectivity index is 1.65. The summed E-state index contributed by atoms with van der Waals surface area (Å²) in [7, 11) is 1.44. The zero-order valence-corrected chi connectivity index (χ0v) is 15.3. The fourth-order valence-electron chi connectivity index (χ4n) is 3.35. The number of hydrogen-bond donors (Lipinski definition) is 1.